The van der Waals surface area contributed by atoms with Gasteiger partial charge in [-0.15, -0.1) is 0 Å². The van der Waals surface area contributed by atoms with E-state index in [1.165, 1.54) is 37.7 Å². The van der Waals surface area contributed by atoms with E-state index in [2.05, 4.69) is 19.1 Å². The fraction of sp³-hybridized carbons (Fsp3) is 0.625. The standard InChI is InChI=1S/C16H25NO/c1-3-12-4-6-13(7-5-12)16(17)14-8-10-15(18-2)11-9-14/h8-13,16H,3-7,17H2,1-2H3. The molecule has 2 heteroatoms. The highest BCUT2D eigenvalue weighted by atomic mass is 16.5. The van der Waals surface area contributed by atoms with Crippen LogP contribution in [-0.4, -0.2) is 7.11 Å². The summed E-state index contributed by atoms with van der Waals surface area (Å²) in [6, 6.07) is 8.42. The first-order valence-electron chi connectivity index (χ1n) is 7.14. The minimum Gasteiger partial charge on any atom is -0.497 e. The molecule has 1 unspecified atom stereocenters. The number of rotatable bonds is 4. The summed E-state index contributed by atoms with van der Waals surface area (Å²) in [5, 5.41) is 0. The van der Waals surface area contributed by atoms with Crippen molar-refractivity contribution in [3.8, 4) is 5.75 Å². The van der Waals surface area contributed by atoms with Crippen LogP contribution in [-0.2, 0) is 0 Å². The van der Waals surface area contributed by atoms with Crippen molar-refractivity contribution in [3.63, 3.8) is 0 Å². The Morgan fingerprint density at radius 3 is 2.28 bits per heavy atom. The van der Waals surface area contributed by atoms with Crippen molar-refractivity contribution in [1.29, 1.82) is 0 Å². The van der Waals surface area contributed by atoms with E-state index in [1.807, 2.05) is 12.1 Å². The molecule has 1 saturated carbocycles. The zero-order chi connectivity index (χ0) is 13.0. The van der Waals surface area contributed by atoms with Crippen LogP contribution in [0.4, 0.5) is 0 Å². The number of hydrogen-bond donors (Lipinski definition) is 1. The normalized spacial score (nSPS) is 25.7. The first-order valence-corrected chi connectivity index (χ1v) is 7.14. The van der Waals surface area contributed by atoms with Crippen molar-refractivity contribution >= 4 is 0 Å². The molecule has 0 heterocycles. The molecule has 0 amide bonds. The third kappa shape index (κ3) is 3.05. The average Bonchev–Trinajstić information content (AvgIpc) is 2.47. The molecular weight excluding hydrogens is 222 g/mol. The van der Waals surface area contributed by atoms with Gasteiger partial charge in [-0.1, -0.05) is 38.3 Å². The quantitative estimate of drug-likeness (QED) is 0.875. The van der Waals surface area contributed by atoms with Crippen LogP contribution in [0, 0.1) is 11.8 Å². The third-order valence-corrected chi connectivity index (χ3v) is 4.48. The minimum absolute atomic E-state index is 0.189. The Balaban J connectivity index is 1.96. The van der Waals surface area contributed by atoms with Crippen LogP contribution >= 0.6 is 0 Å². The van der Waals surface area contributed by atoms with Crippen molar-refractivity contribution in [2.45, 2.75) is 45.1 Å². The zero-order valence-electron chi connectivity index (χ0n) is 11.6. The van der Waals surface area contributed by atoms with Crippen molar-refractivity contribution < 1.29 is 4.74 Å². The smallest absolute Gasteiger partial charge is 0.118 e. The summed E-state index contributed by atoms with van der Waals surface area (Å²) in [5.74, 6) is 2.49. The van der Waals surface area contributed by atoms with Gasteiger partial charge in [0, 0.05) is 6.04 Å². The summed E-state index contributed by atoms with van der Waals surface area (Å²) in [5.41, 5.74) is 7.65. The van der Waals surface area contributed by atoms with Gasteiger partial charge in [0.05, 0.1) is 7.11 Å². The molecule has 2 rings (SSSR count). The van der Waals surface area contributed by atoms with Crippen molar-refractivity contribution in [2.24, 2.45) is 17.6 Å². The molecule has 1 fully saturated rings. The van der Waals surface area contributed by atoms with Crippen molar-refractivity contribution in [1.82, 2.24) is 0 Å². The molecular formula is C16H25NO. The lowest BCUT2D eigenvalue weighted by Crippen LogP contribution is -2.25. The second-order valence-corrected chi connectivity index (χ2v) is 5.49. The summed E-state index contributed by atoms with van der Waals surface area (Å²) >= 11 is 0. The van der Waals surface area contributed by atoms with Gasteiger partial charge >= 0.3 is 0 Å². The van der Waals surface area contributed by atoms with Gasteiger partial charge in [-0.2, -0.15) is 0 Å². The highest BCUT2D eigenvalue weighted by molar-refractivity contribution is 5.29. The first kappa shape index (κ1) is 13.4. The number of methoxy groups -OCH3 is 1. The van der Waals surface area contributed by atoms with Crippen LogP contribution in [0.1, 0.15) is 50.6 Å². The Morgan fingerprint density at radius 2 is 1.78 bits per heavy atom. The maximum absolute atomic E-state index is 6.41. The summed E-state index contributed by atoms with van der Waals surface area (Å²) in [6.45, 7) is 2.30. The molecule has 0 aliphatic heterocycles. The second kappa shape index (κ2) is 6.24. The molecule has 2 N–H and O–H groups in total. The maximum atomic E-state index is 6.41. The van der Waals surface area contributed by atoms with Crippen molar-refractivity contribution in [2.75, 3.05) is 7.11 Å². The molecule has 1 aromatic rings. The molecule has 1 aliphatic rings. The highest BCUT2D eigenvalue weighted by Gasteiger charge is 2.25. The lowest BCUT2D eigenvalue weighted by molar-refractivity contribution is 0.240. The number of ether oxygens (including phenoxy) is 1. The second-order valence-electron chi connectivity index (χ2n) is 5.49. The van der Waals surface area contributed by atoms with Gasteiger partial charge in [0.15, 0.2) is 0 Å². The predicted octanol–water partition coefficient (Wildman–Crippen LogP) is 3.91. The van der Waals surface area contributed by atoms with Crippen LogP contribution in [0.5, 0.6) is 5.75 Å². The molecule has 18 heavy (non-hydrogen) atoms. The molecule has 0 radical (unpaired) electrons. The molecule has 0 spiro atoms. The molecule has 1 atom stereocenters. The van der Waals surface area contributed by atoms with E-state index in [0.717, 1.165) is 11.7 Å². The van der Waals surface area contributed by atoms with Gasteiger partial charge in [0.25, 0.3) is 0 Å². The summed E-state index contributed by atoms with van der Waals surface area (Å²) in [4.78, 5) is 0. The van der Waals surface area contributed by atoms with Crippen LogP contribution in [0.25, 0.3) is 0 Å². The van der Waals surface area contributed by atoms with E-state index in [9.17, 15) is 0 Å². The number of nitrogens with two attached hydrogens (primary N) is 1. The summed E-state index contributed by atoms with van der Waals surface area (Å²) in [6.07, 6.45) is 6.60. The number of benzene rings is 1. The molecule has 1 aliphatic carbocycles. The minimum atomic E-state index is 0.189. The van der Waals surface area contributed by atoms with E-state index < -0.39 is 0 Å². The highest BCUT2D eigenvalue weighted by Crippen LogP contribution is 2.36. The lowest BCUT2D eigenvalue weighted by Gasteiger charge is -2.32. The monoisotopic (exact) mass is 247 g/mol. The van der Waals surface area contributed by atoms with Crippen LogP contribution in [0.15, 0.2) is 24.3 Å². The van der Waals surface area contributed by atoms with E-state index in [-0.39, 0.29) is 6.04 Å². The molecule has 100 valence electrons. The van der Waals surface area contributed by atoms with Crippen LogP contribution < -0.4 is 10.5 Å². The van der Waals surface area contributed by atoms with Gasteiger partial charge < -0.3 is 10.5 Å². The van der Waals surface area contributed by atoms with Gasteiger partial charge in [-0.3, -0.25) is 0 Å². The largest absolute Gasteiger partial charge is 0.497 e. The Kier molecular flexibility index (Phi) is 4.65. The Bertz CT molecular complexity index is 352. The average molecular weight is 247 g/mol. The van der Waals surface area contributed by atoms with E-state index in [0.29, 0.717) is 5.92 Å². The SMILES string of the molecule is CCC1CCC(C(N)c2ccc(OC)cc2)CC1. The molecule has 0 saturated heterocycles. The molecule has 2 nitrogen and oxygen atoms in total. The topological polar surface area (TPSA) is 35.2 Å². The van der Waals surface area contributed by atoms with Gasteiger partial charge in [-0.05, 0) is 42.4 Å². The Labute approximate surface area is 111 Å². The Morgan fingerprint density at radius 1 is 1.17 bits per heavy atom. The molecule has 1 aromatic carbocycles. The first-order chi connectivity index (χ1) is 8.74. The predicted molar refractivity (Wildman–Crippen MR) is 75.7 cm³/mol. The van der Waals surface area contributed by atoms with E-state index >= 15 is 0 Å². The molecule has 0 bridgehead atoms. The fourth-order valence-electron chi connectivity index (χ4n) is 3.05. The van der Waals surface area contributed by atoms with Gasteiger partial charge in [-0.25, -0.2) is 0 Å². The van der Waals surface area contributed by atoms with Crippen LogP contribution in [0.3, 0.4) is 0 Å². The van der Waals surface area contributed by atoms with Crippen molar-refractivity contribution in [3.05, 3.63) is 29.8 Å². The number of hydrogen-bond acceptors (Lipinski definition) is 2. The van der Waals surface area contributed by atoms with Gasteiger partial charge in [0.2, 0.25) is 0 Å². The summed E-state index contributed by atoms with van der Waals surface area (Å²) in [7, 11) is 1.70. The third-order valence-electron chi connectivity index (χ3n) is 4.48. The van der Waals surface area contributed by atoms with E-state index in [4.69, 9.17) is 10.5 Å². The molecule has 0 aromatic heterocycles. The lowest BCUT2D eigenvalue weighted by atomic mass is 9.76. The zero-order valence-corrected chi connectivity index (χ0v) is 11.6. The van der Waals surface area contributed by atoms with Gasteiger partial charge in [0.1, 0.15) is 5.75 Å². The summed E-state index contributed by atoms with van der Waals surface area (Å²) < 4.78 is 5.18. The fourth-order valence-corrected chi connectivity index (χ4v) is 3.05. The Hall–Kier alpha value is -1.02. The van der Waals surface area contributed by atoms with Crippen LogP contribution in [0.2, 0.25) is 0 Å². The maximum Gasteiger partial charge on any atom is 0.118 e. The van der Waals surface area contributed by atoms with E-state index in [1.54, 1.807) is 7.11 Å².